The Balaban J connectivity index is 1.96. The number of benzene rings is 2. The summed E-state index contributed by atoms with van der Waals surface area (Å²) in [6, 6.07) is 10.6. The third-order valence-electron chi connectivity index (χ3n) is 3.59. The highest BCUT2D eigenvalue weighted by molar-refractivity contribution is 5.75. The number of halogens is 2. The summed E-state index contributed by atoms with van der Waals surface area (Å²) >= 11 is 0. The molecule has 0 saturated carbocycles. The Morgan fingerprint density at radius 3 is 2.71 bits per heavy atom. The molecule has 0 aliphatic carbocycles. The molecular formula is C16H15F2N3. The molecule has 0 amide bonds. The number of rotatable bonds is 3. The summed E-state index contributed by atoms with van der Waals surface area (Å²) in [5.74, 6) is -0.411. The normalized spacial score (nSPS) is 12.8. The lowest BCUT2D eigenvalue weighted by Gasteiger charge is -2.15. The molecule has 0 radical (unpaired) electrons. The van der Waals surface area contributed by atoms with Gasteiger partial charge in [0.25, 0.3) is 0 Å². The topological polar surface area (TPSA) is 43.8 Å². The van der Waals surface area contributed by atoms with Crippen LogP contribution in [0.2, 0.25) is 0 Å². The van der Waals surface area contributed by atoms with E-state index in [1.807, 2.05) is 35.8 Å². The second kappa shape index (κ2) is 5.26. The number of hydrogen-bond acceptors (Lipinski definition) is 2. The maximum atomic E-state index is 13.8. The molecule has 0 aliphatic heterocycles. The van der Waals surface area contributed by atoms with E-state index in [1.165, 1.54) is 12.1 Å². The van der Waals surface area contributed by atoms with Gasteiger partial charge in [0.05, 0.1) is 17.1 Å². The Labute approximate surface area is 121 Å². The molecular weight excluding hydrogens is 272 g/mol. The van der Waals surface area contributed by atoms with E-state index in [-0.39, 0.29) is 0 Å². The number of aryl methyl sites for hydroxylation is 1. The van der Waals surface area contributed by atoms with Gasteiger partial charge < -0.3 is 10.3 Å². The van der Waals surface area contributed by atoms with Gasteiger partial charge in [0.2, 0.25) is 0 Å². The summed E-state index contributed by atoms with van der Waals surface area (Å²) in [6.07, 6.45) is 0. The summed E-state index contributed by atoms with van der Waals surface area (Å²) < 4.78 is 28.7. The van der Waals surface area contributed by atoms with Crippen LogP contribution in [-0.4, -0.2) is 9.55 Å². The van der Waals surface area contributed by atoms with Crippen LogP contribution in [0.15, 0.2) is 42.5 Å². The molecule has 108 valence electrons. The van der Waals surface area contributed by atoms with E-state index < -0.39 is 17.7 Å². The zero-order valence-corrected chi connectivity index (χ0v) is 11.6. The molecule has 0 saturated heterocycles. The van der Waals surface area contributed by atoms with E-state index in [1.54, 1.807) is 0 Å². The Bertz CT molecular complexity index is 795. The molecule has 5 heteroatoms. The highest BCUT2D eigenvalue weighted by atomic mass is 19.1. The SMILES string of the molecule is Cc1nc2ccccc2n1CC(N)c1ccc(F)cc1F. The van der Waals surface area contributed by atoms with E-state index >= 15 is 0 Å². The predicted molar refractivity (Wildman–Crippen MR) is 77.8 cm³/mol. The van der Waals surface area contributed by atoms with E-state index in [2.05, 4.69) is 4.98 Å². The minimum atomic E-state index is -0.621. The van der Waals surface area contributed by atoms with Crippen LogP contribution in [0.4, 0.5) is 8.78 Å². The van der Waals surface area contributed by atoms with Crippen molar-refractivity contribution in [1.82, 2.24) is 9.55 Å². The molecule has 1 unspecified atom stereocenters. The maximum Gasteiger partial charge on any atom is 0.130 e. The fourth-order valence-electron chi connectivity index (χ4n) is 2.52. The zero-order valence-electron chi connectivity index (χ0n) is 11.6. The van der Waals surface area contributed by atoms with Gasteiger partial charge in [-0.05, 0) is 25.1 Å². The molecule has 1 heterocycles. The molecule has 1 atom stereocenters. The van der Waals surface area contributed by atoms with Crippen molar-refractivity contribution in [3.8, 4) is 0 Å². The highest BCUT2D eigenvalue weighted by Gasteiger charge is 2.15. The zero-order chi connectivity index (χ0) is 15.0. The van der Waals surface area contributed by atoms with Crippen LogP contribution in [0.5, 0.6) is 0 Å². The Kier molecular flexibility index (Phi) is 3.43. The van der Waals surface area contributed by atoms with Crippen molar-refractivity contribution in [2.45, 2.75) is 19.5 Å². The van der Waals surface area contributed by atoms with Gasteiger partial charge >= 0.3 is 0 Å². The minimum Gasteiger partial charge on any atom is -0.326 e. The Morgan fingerprint density at radius 2 is 1.95 bits per heavy atom. The number of nitrogens with zero attached hydrogens (tertiary/aromatic N) is 2. The molecule has 0 spiro atoms. The van der Waals surface area contributed by atoms with Gasteiger partial charge in [-0.15, -0.1) is 0 Å². The number of aromatic nitrogens is 2. The second-order valence-corrected chi connectivity index (χ2v) is 5.03. The second-order valence-electron chi connectivity index (χ2n) is 5.03. The van der Waals surface area contributed by atoms with Crippen molar-refractivity contribution in [3.63, 3.8) is 0 Å². The van der Waals surface area contributed by atoms with Crippen molar-refractivity contribution >= 4 is 11.0 Å². The summed E-state index contributed by atoms with van der Waals surface area (Å²) in [4.78, 5) is 4.45. The van der Waals surface area contributed by atoms with Crippen LogP contribution in [0, 0.1) is 18.6 Å². The molecule has 3 rings (SSSR count). The Hall–Kier alpha value is -2.27. The van der Waals surface area contributed by atoms with Crippen LogP contribution >= 0.6 is 0 Å². The standard InChI is InChI=1S/C16H15F2N3/c1-10-20-15-4-2-3-5-16(15)21(10)9-14(19)12-7-6-11(17)8-13(12)18/h2-8,14H,9,19H2,1H3. The molecule has 0 fully saturated rings. The fourth-order valence-corrected chi connectivity index (χ4v) is 2.52. The van der Waals surface area contributed by atoms with Crippen LogP contribution in [0.1, 0.15) is 17.4 Å². The van der Waals surface area contributed by atoms with Gasteiger partial charge in [-0.2, -0.15) is 0 Å². The molecule has 3 aromatic rings. The highest BCUT2D eigenvalue weighted by Crippen LogP contribution is 2.22. The predicted octanol–water partition coefficient (Wildman–Crippen LogP) is 3.32. The van der Waals surface area contributed by atoms with Crippen molar-refractivity contribution < 1.29 is 8.78 Å². The Morgan fingerprint density at radius 1 is 1.19 bits per heavy atom. The van der Waals surface area contributed by atoms with Gasteiger partial charge in [-0.25, -0.2) is 13.8 Å². The van der Waals surface area contributed by atoms with Gasteiger partial charge in [0.1, 0.15) is 17.5 Å². The smallest absolute Gasteiger partial charge is 0.130 e. The molecule has 2 N–H and O–H groups in total. The number of fused-ring (bicyclic) bond motifs is 1. The van der Waals surface area contributed by atoms with Crippen LogP contribution in [0.25, 0.3) is 11.0 Å². The fraction of sp³-hybridized carbons (Fsp3) is 0.188. The number of para-hydroxylation sites is 2. The van der Waals surface area contributed by atoms with E-state index in [4.69, 9.17) is 5.73 Å². The first kappa shape index (κ1) is 13.7. The van der Waals surface area contributed by atoms with E-state index in [0.29, 0.717) is 12.1 Å². The molecule has 0 bridgehead atoms. The van der Waals surface area contributed by atoms with E-state index in [9.17, 15) is 8.78 Å². The lowest BCUT2D eigenvalue weighted by Crippen LogP contribution is -2.19. The van der Waals surface area contributed by atoms with Crippen LogP contribution in [0.3, 0.4) is 0 Å². The first-order chi connectivity index (χ1) is 10.1. The van der Waals surface area contributed by atoms with Gasteiger partial charge in [-0.3, -0.25) is 0 Å². The molecule has 21 heavy (non-hydrogen) atoms. The third kappa shape index (κ3) is 2.52. The molecule has 2 aromatic carbocycles. The summed E-state index contributed by atoms with van der Waals surface area (Å²) in [5.41, 5.74) is 8.21. The van der Waals surface area contributed by atoms with E-state index in [0.717, 1.165) is 22.9 Å². The summed E-state index contributed by atoms with van der Waals surface area (Å²) in [7, 11) is 0. The number of imidazole rings is 1. The molecule has 3 nitrogen and oxygen atoms in total. The largest absolute Gasteiger partial charge is 0.326 e. The summed E-state index contributed by atoms with van der Waals surface area (Å²) in [5, 5.41) is 0. The molecule has 1 aromatic heterocycles. The first-order valence-corrected chi connectivity index (χ1v) is 6.68. The van der Waals surface area contributed by atoms with Crippen molar-refractivity contribution in [1.29, 1.82) is 0 Å². The van der Waals surface area contributed by atoms with Gasteiger partial charge in [-0.1, -0.05) is 18.2 Å². The lowest BCUT2D eigenvalue weighted by atomic mass is 10.1. The molecule has 0 aliphatic rings. The lowest BCUT2D eigenvalue weighted by molar-refractivity contribution is 0.521. The first-order valence-electron chi connectivity index (χ1n) is 6.68. The van der Waals surface area contributed by atoms with Crippen molar-refractivity contribution in [3.05, 3.63) is 65.5 Å². The maximum absolute atomic E-state index is 13.8. The monoisotopic (exact) mass is 287 g/mol. The van der Waals surface area contributed by atoms with Gasteiger partial charge in [0, 0.05) is 18.2 Å². The van der Waals surface area contributed by atoms with Crippen LogP contribution < -0.4 is 5.73 Å². The average molecular weight is 287 g/mol. The third-order valence-corrected chi connectivity index (χ3v) is 3.59. The van der Waals surface area contributed by atoms with Gasteiger partial charge in [0.15, 0.2) is 0 Å². The minimum absolute atomic E-state index is 0.300. The van der Waals surface area contributed by atoms with Crippen LogP contribution in [-0.2, 0) is 6.54 Å². The summed E-state index contributed by atoms with van der Waals surface area (Å²) in [6.45, 7) is 2.27. The van der Waals surface area contributed by atoms with Crippen molar-refractivity contribution in [2.75, 3.05) is 0 Å². The quantitative estimate of drug-likeness (QED) is 0.803. The number of hydrogen-bond donors (Lipinski definition) is 1. The van der Waals surface area contributed by atoms with Crippen molar-refractivity contribution in [2.24, 2.45) is 5.73 Å². The number of nitrogens with two attached hydrogens (primary N) is 1. The average Bonchev–Trinajstić information content (AvgIpc) is 2.75.